The molecule has 1 N–H and O–H groups in total. The van der Waals surface area contributed by atoms with Crippen LogP contribution in [0.3, 0.4) is 0 Å². The molecule has 1 aliphatic heterocycles. The third-order valence-electron chi connectivity index (χ3n) is 5.12. The molecule has 6 heteroatoms. The van der Waals surface area contributed by atoms with E-state index in [4.69, 9.17) is 4.74 Å². The number of nitrogens with one attached hydrogen (secondary N) is 1. The summed E-state index contributed by atoms with van der Waals surface area (Å²) in [6.07, 6.45) is 7.15. The molecule has 1 fully saturated rings. The van der Waals surface area contributed by atoms with Crippen molar-refractivity contribution in [1.29, 1.82) is 0 Å². The maximum atomic E-state index is 12.7. The monoisotopic (exact) mass is 379 g/mol. The number of nitrogens with zero attached hydrogens (tertiary/aromatic N) is 2. The van der Waals surface area contributed by atoms with E-state index in [1.165, 1.54) is 0 Å². The predicted molar refractivity (Wildman–Crippen MR) is 105 cm³/mol. The van der Waals surface area contributed by atoms with Crippen LogP contribution in [-0.2, 0) is 29.0 Å². The summed E-state index contributed by atoms with van der Waals surface area (Å²) in [5, 5.41) is 3.02. The van der Waals surface area contributed by atoms with Crippen LogP contribution in [-0.4, -0.2) is 40.9 Å². The Morgan fingerprint density at radius 3 is 2.89 bits per heavy atom. The zero-order chi connectivity index (χ0) is 19.3. The number of fused-ring (bicyclic) bond motifs is 1. The van der Waals surface area contributed by atoms with Crippen molar-refractivity contribution in [3.63, 3.8) is 0 Å². The minimum atomic E-state index is 0.0682. The molecule has 6 nitrogen and oxygen atoms in total. The van der Waals surface area contributed by atoms with Crippen molar-refractivity contribution in [3.8, 4) is 5.75 Å². The van der Waals surface area contributed by atoms with Crippen LogP contribution in [0.2, 0.25) is 0 Å². The number of ether oxygens (including phenoxy) is 1. The molecule has 1 aromatic heterocycles. The summed E-state index contributed by atoms with van der Waals surface area (Å²) in [5.41, 5.74) is 3.00. The summed E-state index contributed by atoms with van der Waals surface area (Å²) < 4.78 is 5.84. The zero-order valence-electron chi connectivity index (χ0n) is 15.9. The Bertz CT molecular complexity index is 849. The molecule has 1 saturated carbocycles. The van der Waals surface area contributed by atoms with Crippen LogP contribution < -0.4 is 10.1 Å². The van der Waals surface area contributed by atoms with E-state index >= 15 is 0 Å². The lowest BCUT2D eigenvalue weighted by Crippen LogP contribution is -2.33. The quantitative estimate of drug-likeness (QED) is 0.836. The Morgan fingerprint density at radius 1 is 1.21 bits per heavy atom. The number of aryl methyl sites for hydroxylation is 1. The van der Waals surface area contributed by atoms with E-state index in [1.807, 2.05) is 29.2 Å². The molecule has 4 rings (SSSR count). The highest BCUT2D eigenvalue weighted by Gasteiger charge is 2.23. The van der Waals surface area contributed by atoms with Crippen LogP contribution in [0.4, 0.5) is 0 Å². The number of hydrogen-bond donors (Lipinski definition) is 1. The molecule has 1 aliphatic carbocycles. The first kappa shape index (κ1) is 18.5. The minimum absolute atomic E-state index is 0.0682. The van der Waals surface area contributed by atoms with Crippen molar-refractivity contribution in [3.05, 3.63) is 59.4 Å². The number of hydrogen-bond acceptors (Lipinski definition) is 4. The lowest BCUT2D eigenvalue weighted by atomic mass is 10.0. The second-order valence-electron chi connectivity index (χ2n) is 7.49. The molecule has 0 spiro atoms. The summed E-state index contributed by atoms with van der Waals surface area (Å²) in [7, 11) is 0. The third-order valence-corrected chi connectivity index (χ3v) is 5.12. The number of carbonyl (C=O) groups excluding carboxylic acids is 2. The first-order valence-corrected chi connectivity index (χ1v) is 9.88. The van der Waals surface area contributed by atoms with Gasteiger partial charge >= 0.3 is 0 Å². The first-order valence-electron chi connectivity index (χ1n) is 9.88. The maximum absolute atomic E-state index is 12.7. The summed E-state index contributed by atoms with van der Waals surface area (Å²) in [6, 6.07) is 10.2. The fraction of sp³-hybridized carbons (Fsp3) is 0.409. The zero-order valence-corrected chi connectivity index (χ0v) is 15.9. The van der Waals surface area contributed by atoms with Gasteiger partial charge in [-0.15, -0.1) is 0 Å². The van der Waals surface area contributed by atoms with Gasteiger partial charge < -0.3 is 15.0 Å². The molecule has 0 atom stereocenters. The van der Waals surface area contributed by atoms with Crippen molar-refractivity contribution in [2.45, 2.75) is 44.7 Å². The van der Waals surface area contributed by atoms with Crippen LogP contribution in [0.25, 0.3) is 0 Å². The fourth-order valence-electron chi connectivity index (χ4n) is 3.39. The van der Waals surface area contributed by atoms with Crippen LogP contribution in [0, 0.1) is 0 Å². The molecule has 0 saturated heterocycles. The van der Waals surface area contributed by atoms with Crippen LogP contribution in [0.5, 0.6) is 5.75 Å². The molecule has 2 aliphatic rings. The summed E-state index contributed by atoms with van der Waals surface area (Å²) in [4.78, 5) is 30.6. The lowest BCUT2D eigenvalue weighted by molar-refractivity contribution is -0.131. The van der Waals surface area contributed by atoms with Gasteiger partial charge in [-0.25, -0.2) is 0 Å². The second-order valence-corrected chi connectivity index (χ2v) is 7.49. The minimum Gasteiger partial charge on any atom is -0.491 e. The molecular weight excluding hydrogens is 354 g/mol. The van der Waals surface area contributed by atoms with Gasteiger partial charge in [0.1, 0.15) is 12.4 Å². The van der Waals surface area contributed by atoms with Gasteiger partial charge in [-0.2, -0.15) is 0 Å². The van der Waals surface area contributed by atoms with Crippen molar-refractivity contribution in [1.82, 2.24) is 15.2 Å². The number of amides is 2. The first-order chi connectivity index (χ1) is 13.7. The Morgan fingerprint density at radius 2 is 2.11 bits per heavy atom. The SMILES string of the molecule is O=C(CCc1ccc2c(c1)CN(C(=O)Cc1cccnc1)CCO2)NC1CC1. The van der Waals surface area contributed by atoms with E-state index in [0.717, 1.165) is 35.3 Å². The van der Waals surface area contributed by atoms with E-state index < -0.39 is 0 Å². The summed E-state index contributed by atoms with van der Waals surface area (Å²) in [6.45, 7) is 1.57. The van der Waals surface area contributed by atoms with E-state index in [-0.39, 0.29) is 11.8 Å². The van der Waals surface area contributed by atoms with Crippen molar-refractivity contribution < 1.29 is 14.3 Å². The standard InChI is InChI=1S/C22H25N3O3/c26-21(24-19-5-6-19)8-4-16-3-7-20-18(12-16)15-25(10-11-28-20)22(27)13-17-2-1-9-23-14-17/h1-3,7,9,12,14,19H,4-6,8,10-11,13,15H2,(H,24,26). The predicted octanol–water partition coefficient (Wildman–Crippen LogP) is 2.26. The lowest BCUT2D eigenvalue weighted by Gasteiger charge is -2.20. The molecular formula is C22H25N3O3. The van der Waals surface area contributed by atoms with E-state index in [1.54, 1.807) is 12.4 Å². The largest absolute Gasteiger partial charge is 0.491 e. The number of rotatable bonds is 6. The molecule has 146 valence electrons. The van der Waals surface area contributed by atoms with E-state index in [0.29, 0.717) is 45.0 Å². The molecule has 2 aromatic rings. The Kier molecular flexibility index (Phi) is 5.55. The average molecular weight is 379 g/mol. The highest BCUT2D eigenvalue weighted by molar-refractivity contribution is 5.79. The van der Waals surface area contributed by atoms with Gasteiger partial charge in [0.2, 0.25) is 11.8 Å². The van der Waals surface area contributed by atoms with Crippen molar-refractivity contribution >= 4 is 11.8 Å². The highest BCUT2D eigenvalue weighted by Crippen LogP contribution is 2.25. The smallest absolute Gasteiger partial charge is 0.227 e. The van der Waals surface area contributed by atoms with Gasteiger partial charge in [-0.05, 0) is 42.5 Å². The molecule has 0 unspecified atom stereocenters. The van der Waals surface area contributed by atoms with Crippen molar-refractivity contribution in [2.24, 2.45) is 0 Å². The topological polar surface area (TPSA) is 71.5 Å². The number of benzene rings is 1. The van der Waals surface area contributed by atoms with Gasteiger partial charge in [-0.3, -0.25) is 14.6 Å². The number of carbonyl (C=O) groups is 2. The third kappa shape index (κ3) is 4.88. The van der Waals surface area contributed by atoms with Gasteiger partial charge in [-0.1, -0.05) is 18.2 Å². The molecule has 2 heterocycles. The average Bonchev–Trinajstić information content (AvgIpc) is 3.53. The normalized spacial score (nSPS) is 15.9. The molecule has 0 radical (unpaired) electrons. The van der Waals surface area contributed by atoms with E-state index in [2.05, 4.69) is 16.4 Å². The number of pyridine rings is 1. The van der Waals surface area contributed by atoms with Gasteiger partial charge in [0.25, 0.3) is 0 Å². The summed E-state index contributed by atoms with van der Waals surface area (Å²) >= 11 is 0. The summed E-state index contributed by atoms with van der Waals surface area (Å²) in [5.74, 6) is 1.00. The molecule has 1 aromatic carbocycles. The Hall–Kier alpha value is -2.89. The van der Waals surface area contributed by atoms with Crippen LogP contribution >= 0.6 is 0 Å². The van der Waals surface area contributed by atoms with Gasteiger partial charge in [0, 0.05) is 37.0 Å². The molecule has 0 bridgehead atoms. The van der Waals surface area contributed by atoms with Crippen LogP contribution in [0.1, 0.15) is 36.0 Å². The van der Waals surface area contributed by atoms with Gasteiger partial charge in [0.15, 0.2) is 0 Å². The van der Waals surface area contributed by atoms with Crippen LogP contribution in [0.15, 0.2) is 42.7 Å². The Balaban J connectivity index is 1.39. The molecule has 28 heavy (non-hydrogen) atoms. The van der Waals surface area contributed by atoms with Gasteiger partial charge in [0.05, 0.1) is 13.0 Å². The van der Waals surface area contributed by atoms with Crippen molar-refractivity contribution in [2.75, 3.05) is 13.2 Å². The van der Waals surface area contributed by atoms with E-state index in [9.17, 15) is 9.59 Å². The Labute approximate surface area is 164 Å². The molecule has 2 amide bonds. The highest BCUT2D eigenvalue weighted by atomic mass is 16.5. The number of aromatic nitrogens is 1. The maximum Gasteiger partial charge on any atom is 0.227 e. The fourth-order valence-corrected chi connectivity index (χ4v) is 3.39. The second kappa shape index (κ2) is 8.42.